The van der Waals surface area contributed by atoms with E-state index in [0.29, 0.717) is 15.6 Å². The molecule has 80 valence electrons. The second-order valence-electron chi connectivity index (χ2n) is 3.82. The third kappa shape index (κ3) is 1.32. The molecule has 0 fully saturated rings. The van der Waals surface area contributed by atoms with Crippen LogP contribution in [0.4, 0.5) is 0 Å². The molecule has 0 unspecified atom stereocenters. The third-order valence-corrected chi connectivity index (χ3v) is 3.21. The molecule has 2 aromatic carbocycles. The summed E-state index contributed by atoms with van der Waals surface area (Å²) in [6.45, 7) is 2.01. The second-order valence-corrected chi connectivity index (χ2v) is 4.66. The highest BCUT2D eigenvalue weighted by molar-refractivity contribution is 6.39. The van der Waals surface area contributed by atoms with Gasteiger partial charge in [0.1, 0.15) is 5.58 Å². The first-order chi connectivity index (χ1) is 7.66. The highest BCUT2D eigenvalue weighted by atomic mass is 35.5. The molecule has 3 heteroatoms. The molecule has 3 aromatic rings. The molecule has 0 saturated heterocycles. The second kappa shape index (κ2) is 3.41. The minimum Gasteiger partial charge on any atom is -0.454 e. The Kier molecular flexibility index (Phi) is 2.13. The van der Waals surface area contributed by atoms with E-state index >= 15 is 0 Å². The number of fused-ring (bicyclic) bond motifs is 3. The smallest absolute Gasteiger partial charge is 0.154 e. The van der Waals surface area contributed by atoms with E-state index in [4.69, 9.17) is 27.6 Å². The van der Waals surface area contributed by atoms with Gasteiger partial charge >= 0.3 is 0 Å². The Morgan fingerprint density at radius 1 is 1.00 bits per heavy atom. The Labute approximate surface area is 103 Å². The van der Waals surface area contributed by atoms with E-state index in [1.807, 2.05) is 31.2 Å². The Morgan fingerprint density at radius 3 is 2.62 bits per heavy atom. The van der Waals surface area contributed by atoms with Crippen LogP contribution >= 0.6 is 23.2 Å². The fraction of sp³-hybridized carbons (Fsp3) is 0.0769. The fourth-order valence-corrected chi connectivity index (χ4v) is 2.50. The normalized spacial score (nSPS) is 11.4. The predicted octanol–water partition coefficient (Wildman–Crippen LogP) is 5.20. The molecule has 3 rings (SSSR count). The number of para-hydroxylation sites is 1. The largest absolute Gasteiger partial charge is 0.454 e. The van der Waals surface area contributed by atoms with E-state index < -0.39 is 0 Å². The number of furan rings is 1. The van der Waals surface area contributed by atoms with Crippen molar-refractivity contribution in [1.82, 2.24) is 0 Å². The van der Waals surface area contributed by atoms with Gasteiger partial charge in [0, 0.05) is 15.8 Å². The summed E-state index contributed by atoms with van der Waals surface area (Å²) in [5.41, 5.74) is 2.68. The maximum absolute atomic E-state index is 6.11. The van der Waals surface area contributed by atoms with E-state index in [1.54, 1.807) is 6.07 Å². The van der Waals surface area contributed by atoms with Crippen LogP contribution in [0, 0.1) is 6.92 Å². The van der Waals surface area contributed by atoms with E-state index in [1.165, 1.54) is 0 Å². The van der Waals surface area contributed by atoms with Crippen molar-refractivity contribution in [2.75, 3.05) is 0 Å². The summed E-state index contributed by atoms with van der Waals surface area (Å²) in [7, 11) is 0. The average Bonchev–Trinajstić information content (AvgIpc) is 2.59. The molecule has 0 atom stereocenters. The highest BCUT2D eigenvalue weighted by Gasteiger charge is 2.12. The zero-order valence-electron chi connectivity index (χ0n) is 8.55. The van der Waals surface area contributed by atoms with Gasteiger partial charge in [-0.15, -0.1) is 0 Å². The molecular formula is C13H8Cl2O. The molecule has 0 aliphatic heterocycles. The Hall–Kier alpha value is -1.18. The van der Waals surface area contributed by atoms with Crippen molar-refractivity contribution in [3.8, 4) is 0 Å². The molecule has 0 N–H and O–H groups in total. The maximum atomic E-state index is 6.11. The molecule has 1 nitrogen and oxygen atoms in total. The van der Waals surface area contributed by atoms with Crippen LogP contribution in [0.25, 0.3) is 21.9 Å². The maximum Gasteiger partial charge on any atom is 0.154 e. The number of aryl methyl sites for hydroxylation is 1. The van der Waals surface area contributed by atoms with E-state index in [9.17, 15) is 0 Å². The van der Waals surface area contributed by atoms with Gasteiger partial charge in [-0.1, -0.05) is 41.4 Å². The highest BCUT2D eigenvalue weighted by Crippen LogP contribution is 2.36. The number of benzene rings is 2. The number of hydrogen-bond donors (Lipinski definition) is 0. The lowest BCUT2D eigenvalue weighted by Gasteiger charge is -1.93. The lowest BCUT2D eigenvalue weighted by molar-refractivity contribution is 0.666. The number of halogens is 2. The van der Waals surface area contributed by atoms with Gasteiger partial charge in [-0.05, 0) is 24.6 Å². The van der Waals surface area contributed by atoms with Crippen LogP contribution < -0.4 is 0 Å². The van der Waals surface area contributed by atoms with E-state index in [2.05, 4.69) is 0 Å². The SMILES string of the molecule is Cc1cccc2c1oc1c(Cl)cc(Cl)cc12. The van der Waals surface area contributed by atoms with Crippen molar-refractivity contribution in [2.24, 2.45) is 0 Å². The zero-order chi connectivity index (χ0) is 11.3. The molecule has 0 aliphatic rings. The molecular weight excluding hydrogens is 243 g/mol. The fourth-order valence-electron chi connectivity index (χ4n) is 1.97. The standard InChI is InChI=1S/C13H8Cl2O/c1-7-3-2-4-9-10-5-8(14)6-11(15)13(10)16-12(7)9/h2-6H,1H3. The van der Waals surface area contributed by atoms with Gasteiger partial charge in [0.05, 0.1) is 5.02 Å². The summed E-state index contributed by atoms with van der Waals surface area (Å²) in [6, 6.07) is 9.61. The molecule has 0 bridgehead atoms. The lowest BCUT2D eigenvalue weighted by Crippen LogP contribution is -1.71. The first-order valence-corrected chi connectivity index (χ1v) is 5.69. The molecule has 1 heterocycles. The molecule has 16 heavy (non-hydrogen) atoms. The number of rotatable bonds is 0. The molecule has 0 amide bonds. The van der Waals surface area contributed by atoms with Crippen molar-refractivity contribution in [1.29, 1.82) is 0 Å². The van der Waals surface area contributed by atoms with Crippen molar-refractivity contribution >= 4 is 45.1 Å². The summed E-state index contributed by atoms with van der Waals surface area (Å²) in [6.07, 6.45) is 0. The molecule has 1 aromatic heterocycles. The van der Waals surface area contributed by atoms with Crippen molar-refractivity contribution < 1.29 is 4.42 Å². The van der Waals surface area contributed by atoms with Gasteiger partial charge in [-0.3, -0.25) is 0 Å². The van der Waals surface area contributed by atoms with Gasteiger partial charge in [0.2, 0.25) is 0 Å². The van der Waals surface area contributed by atoms with Gasteiger partial charge in [0.15, 0.2) is 5.58 Å². The zero-order valence-corrected chi connectivity index (χ0v) is 10.1. The number of hydrogen-bond acceptors (Lipinski definition) is 1. The minimum atomic E-state index is 0.554. The van der Waals surface area contributed by atoms with Gasteiger partial charge < -0.3 is 4.42 Å². The summed E-state index contributed by atoms with van der Waals surface area (Å²) < 4.78 is 5.78. The first kappa shape index (κ1) is 10.0. The molecule has 0 spiro atoms. The minimum absolute atomic E-state index is 0.554. The van der Waals surface area contributed by atoms with E-state index in [0.717, 1.165) is 21.9 Å². The van der Waals surface area contributed by atoms with Crippen LogP contribution in [-0.2, 0) is 0 Å². The summed E-state index contributed by atoms with van der Waals surface area (Å²) >= 11 is 12.1. The average molecular weight is 251 g/mol. The van der Waals surface area contributed by atoms with Crippen molar-refractivity contribution in [3.63, 3.8) is 0 Å². The van der Waals surface area contributed by atoms with Crippen LogP contribution in [0.15, 0.2) is 34.7 Å². The third-order valence-electron chi connectivity index (χ3n) is 2.71. The molecule has 0 radical (unpaired) electrons. The van der Waals surface area contributed by atoms with Crippen LogP contribution in [0.3, 0.4) is 0 Å². The molecule has 0 aliphatic carbocycles. The molecule has 0 saturated carbocycles. The monoisotopic (exact) mass is 250 g/mol. The summed E-state index contributed by atoms with van der Waals surface area (Å²) in [5.74, 6) is 0. The van der Waals surface area contributed by atoms with Gasteiger partial charge in [-0.2, -0.15) is 0 Å². The van der Waals surface area contributed by atoms with Crippen LogP contribution in [0.5, 0.6) is 0 Å². The van der Waals surface area contributed by atoms with Gasteiger partial charge in [-0.25, -0.2) is 0 Å². The Balaban J connectivity index is 2.61. The van der Waals surface area contributed by atoms with Crippen molar-refractivity contribution in [3.05, 3.63) is 45.9 Å². The topological polar surface area (TPSA) is 13.1 Å². The van der Waals surface area contributed by atoms with E-state index in [-0.39, 0.29) is 0 Å². The predicted molar refractivity (Wildman–Crippen MR) is 68.5 cm³/mol. The first-order valence-electron chi connectivity index (χ1n) is 4.93. The Bertz CT molecular complexity index is 698. The van der Waals surface area contributed by atoms with Crippen LogP contribution in [-0.4, -0.2) is 0 Å². The van der Waals surface area contributed by atoms with Crippen LogP contribution in [0.2, 0.25) is 10.0 Å². The lowest BCUT2D eigenvalue weighted by atomic mass is 10.1. The Morgan fingerprint density at radius 2 is 1.81 bits per heavy atom. The van der Waals surface area contributed by atoms with Crippen molar-refractivity contribution in [2.45, 2.75) is 6.92 Å². The summed E-state index contributed by atoms with van der Waals surface area (Å²) in [5, 5.41) is 3.20. The van der Waals surface area contributed by atoms with Gasteiger partial charge in [0.25, 0.3) is 0 Å². The summed E-state index contributed by atoms with van der Waals surface area (Å²) in [4.78, 5) is 0. The van der Waals surface area contributed by atoms with Crippen LogP contribution in [0.1, 0.15) is 5.56 Å². The quantitative estimate of drug-likeness (QED) is 0.535.